The molecule has 11 heteroatoms. The normalized spacial score (nSPS) is 11.4. The minimum Gasteiger partial charge on any atom is -0.491 e. The van der Waals surface area contributed by atoms with Crippen molar-refractivity contribution < 1.29 is 33.0 Å². The number of hydrogen-bond acceptors (Lipinski definition) is 6. The van der Waals surface area contributed by atoms with Gasteiger partial charge in [-0.25, -0.2) is 4.98 Å². The van der Waals surface area contributed by atoms with Crippen LogP contribution < -0.4 is 20.1 Å². The van der Waals surface area contributed by atoms with Crippen molar-refractivity contribution in [1.29, 1.82) is 0 Å². The van der Waals surface area contributed by atoms with Gasteiger partial charge in [0.1, 0.15) is 17.2 Å². The number of hydrogen-bond donors (Lipinski definition) is 3. The number of aromatic nitrogens is 1. The molecular weight excluding hydrogens is 434 g/mol. The van der Waals surface area contributed by atoms with E-state index in [2.05, 4.69) is 10.3 Å². The predicted molar refractivity (Wildman–Crippen MR) is 110 cm³/mol. The highest BCUT2D eigenvalue weighted by Crippen LogP contribution is 2.35. The van der Waals surface area contributed by atoms with Gasteiger partial charge in [0.05, 0.1) is 17.6 Å². The molecule has 0 saturated carbocycles. The summed E-state index contributed by atoms with van der Waals surface area (Å²) >= 11 is 0.690. The van der Waals surface area contributed by atoms with E-state index in [0.717, 1.165) is 6.20 Å². The van der Waals surface area contributed by atoms with Gasteiger partial charge in [-0.15, -0.1) is 0 Å². The van der Waals surface area contributed by atoms with Gasteiger partial charge >= 0.3 is 7.60 Å². The Bertz CT molecular complexity index is 1110. The van der Waals surface area contributed by atoms with Crippen molar-refractivity contribution in [2.45, 2.75) is 20.0 Å². The van der Waals surface area contributed by atoms with Crippen LogP contribution in [0.3, 0.4) is 0 Å². The molecule has 0 aliphatic rings. The fourth-order valence-electron chi connectivity index (χ4n) is 2.45. The van der Waals surface area contributed by atoms with Crippen molar-refractivity contribution in [1.82, 2.24) is 4.98 Å². The number of ether oxygens (including phenoxy) is 2. The number of carbonyl (C=O) groups excluding carboxylic acids is 1. The number of thiazole rings is 1. The highest BCUT2D eigenvalue weighted by molar-refractivity contribution is 7.60. The Morgan fingerprint density at radius 2 is 1.90 bits per heavy atom. The number of nitrogens with one attached hydrogen (secondary N) is 1. The molecule has 1 amide bonds. The average Bonchev–Trinajstić information content (AvgIpc) is 3.05. The largest absolute Gasteiger partial charge is 0.491 e. The zero-order valence-electron chi connectivity index (χ0n) is 15.9. The molecule has 30 heavy (non-hydrogen) atoms. The maximum Gasteiger partial charge on any atom is 0.356 e. The topological polar surface area (TPSA) is 118 Å². The van der Waals surface area contributed by atoms with Gasteiger partial charge in [0, 0.05) is 11.6 Å². The highest BCUT2D eigenvalue weighted by atomic mass is 32.1. The van der Waals surface area contributed by atoms with Crippen LogP contribution >= 0.6 is 18.9 Å². The Balaban J connectivity index is 1.91. The Kier molecular flexibility index (Phi) is 6.52. The molecule has 8 nitrogen and oxygen atoms in total. The predicted octanol–water partition coefficient (Wildman–Crippen LogP) is 3.92. The van der Waals surface area contributed by atoms with Crippen LogP contribution in [0.15, 0.2) is 48.7 Å². The molecule has 3 aromatic rings. The summed E-state index contributed by atoms with van der Waals surface area (Å²) in [7, 11) is -4.45. The Morgan fingerprint density at radius 1 is 1.17 bits per heavy atom. The first kappa shape index (κ1) is 21.9. The minimum atomic E-state index is -4.45. The maximum atomic E-state index is 13.1. The minimum absolute atomic E-state index is 0.101. The van der Waals surface area contributed by atoms with Gasteiger partial charge in [-0.1, -0.05) is 17.4 Å². The average molecular weight is 452 g/mol. The number of carbonyl (C=O) groups is 1. The van der Waals surface area contributed by atoms with Crippen molar-refractivity contribution in [3.63, 3.8) is 0 Å². The monoisotopic (exact) mass is 452 g/mol. The van der Waals surface area contributed by atoms with Crippen molar-refractivity contribution in [2.75, 3.05) is 5.32 Å². The molecule has 0 aliphatic carbocycles. The molecule has 0 radical (unpaired) electrons. The van der Waals surface area contributed by atoms with Crippen LogP contribution in [0.5, 0.6) is 17.2 Å². The van der Waals surface area contributed by atoms with Crippen molar-refractivity contribution in [3.8, 4) is 17.2 Å². The lowest BCUT2D eigenvalue weighted by Crippen LogP contribution is -2.13. The molecule has 1 heterocycles. The SMILES string of the molecule is CC(C)Oc1cc(Oc2cccc(P(=O)(O)O)c2)cc(C(=O)Nc2ncc(F)s2)c1. The number of rotatable bonds is 7. The Hall–Kier alpha value is -2.78. The molecule has 1 aromatic heterocycles. The summed E-state index contributed by atoms with van der Waals surface area (Å²) < 4.78 is 35.9. The standard InChI is InChI=1S/C19H18FN2O6PS/c1-11(2)27-14-6-12(18(23)22-19-21-10-17(20)30-19)7-15(8-14)28-13-4-3-5-16(9-13)29(24,25)26/h3-11H,1-2H3,(H,21,22,23)(H2,24,25,26). The van der Waals surface area contributed by atoms with Crippen LogP contribution in [0.2, 0.25) is 0 Å². The lowest BCUT2D eigenvalue weighted by molar-refractivity contribution is 0.102. The van der Waals surface area contributed by atoms with Crippen LogP contribution in [0, 0.1) is 5.13 Å². The summed E-state index contributed by atoms with van der Waals surface area (Å²) in [6.07, 6.45) is 0.823. The molecule has 3 N–H and O–H groups in total. The zero-order valence-corrected chi connectivity index (χ0v) is 17.6. The van der Waals surface area contributed by atoms with Gasteiger partial charge < -0.3 is 19.3 Å². The first-order valence-corrected chi connectivity index (χ1v) is 11.1. The van der Waals surface area contributed by atoms with Gasteiger partial charge in [0.2, 0.25) is 0 Å². The number of benzene rings is 2. The van der Waals surface area contributed by atoms with Crippen LogP contribution in [0.1, 0.15) is 24.2 Å². The van der Waals surface area contributed by atoms with Crippen LogP contribution in [-0.2, 0) is 4.57 Å². The summed E-state index contributed by atoms with van der Waals surface area (Å²) in [5.74, 6) is 0.189. The van der Waals surface area contributed by atoms with E-state index in [9.17, 15) is 23.5 Å². The number of nitrogens with zero attached hydrogens (tertiary/aromatic N) is 1. The van der Waals surface area contributed by atoms with E-state index in [1.54, 1.807) is 6.07 Å². The zero-order chi connectivity index (χ0) is 21.9. The fourth-order valence-corrected chi connectivity index (χ4v) is 3.56. The van der Waals surface area contributed by atoms with E-state index >= 15 is 0 Å². The third kappa shape index (κ3) is 5.87. The quantitative estimate of drug-likeness (QED) is 0.465. The van der Waals surface area contributed by atoms with E-state index < -0.39 is 18.6 Å². The van der Waals surface area contributed by atoms with Gasteiger partial charge in [0.15, 0.2) is 10.3 Å². The van der Waals surface area contributed by atoms with E-state index in [-0.39, 0.29) is 33.6 Å². The second-order valence-electron chi connectivity index (χ2n) is 6.43. The first-order chi connectivity index (χ1) is 14.1. The van der Waals surface area contributed by atoms with E-state index in [0.29, 0.717) is 17.1 Å². The lowest BCUT2D eigenvalue weighted by Gasteiger charge is -2.14. The number of halogens is 1. The highest BCUT2D eigenvalue weighted by Gasteiger charge is 2.18. The summed E-state index contributed by atoms with van der Waals surface area (Å²) in [5, 5.41) is 1.87. The third-order valence-corrected chi connectivity index (χ3v) is 5.25. The van der Waals surface area contributed by atoms with Gasteiger partial charge in [-0.3, -0.25) is 14.7 Å². The van der Waals surface area contributed by atoms with E-state index in [4.69, 9.17) is 9.47 Å². The van der Waals surface area contributed by atoms with Crippen molar-refractivity contribution in [3.05, 3.63) is 59.4 Å². The van der Waals surface area contributed by atoms with Crippen molar-refractivity contribution in [2.24, 2.45) is 0 Å². The number of amides is 1. The first-order valence-electron chi connectivity index (χ1n) is 8.68. The number of anilines is 1. The maximum absolute atomic E-state index is 13.1. The molecular formula is C19H18FN2O6PS. The smallest absolute Gasteiger partial charge is 0.356 e. The summed E-state index contributed by atoms with van der Waals surface area (Å²) in [4.78, 5) is 35.0. The molecule has 0 spiro atoms. The van der Waals surface area contributed by atoms with Gasteiger partial charge in [0.25, 0.3) is 5.91 Å². The molecule has 0 bridgehead atoms. The fraction of sp³-hybridized carbons (Fsp3) is 0.158. The summed E-state index contributed by atoms with van der Waals surface area (Å²) in [5.41, 5.74) is 0.171. The molecule has 0 saturated heterocycles. The molecule has 158 valence electrons. The third-order valence-electron chi connectivity index (χ3n) is 3.60. The molecule has 3 rings (SSSR count). The molecule has 2 aromatic carbocycles. The van der Waals surface area contributed by atoms with Crippen LogP contribution in [0.25, 0.3) is 0 Å². The second kappa shape index (κ2) is 8.93. The van der Waals surface area contributed by atoms with Crippen LogP contribution in [-0.4, -0.2) is 26.8 Å². The van der Waals surface area contributed by atoms with Crippen molar-refractivity contribution >= 4 is 35.3 Å². The lowest BCUT2D eigenvalue weighted by atomic mass is 10.2. The summed E-state index contributed by atoms with van der Waals surface area (Å²) in [6.45, 7) is 3.63. The van der Waals surface area contributed by atoms with E-state index in [1.807, 2.05) is 13.8 Å². The molecule has 0 unspecified atom stereocenters. The van der Waals surface area contributed by atoms with Gasteiger partial charge in [-0.2, -0.15) is 4.39 Å². The summed E-state index contributed by atoms with van der Waals surface area (Å²) in [6, 6.07) is 9.95. The molecule has 0 fully saturated rings. The second-order valence-corrected chi connectivity index (χ2v) is 9.01. The van der Waals surface area contributed by atoms with Gasteiger partial charge in [-0.05, 0) is 44.2 Å². The Morgan fingerprint density at radius 3 is 2.53 bits per heavy atom. The molecule has 0 atom stereocenters. The van der Waals surface area contributed by atoms with Crippen LogP contribution in [0.4, 0.5) is 9.52 Å². The molecule has 0 aliphatic heterocycles. The Labute approximate surface area is 175 Å². The van der Waals surface area contributed by atoms with E-state index in [1.165, 1.54) is 36.4 Å².